The lowest BCUT2D eigenvalue weighted by molar-refractivity contribution is -0.119. The molecule has 0 aromatic carbocycles. The van der Waals surface area contributed by atoms with Crippen LogP contribution in [-0.4, -0.2) is 29.8 Å². The molecule has 0 spiro atoms. The number of aryl methyl sites for hydroxylation is 1. The Morgan fingerprint density at radius 1 is 1.24 bits per heavy atom. The fourth-order valence-electron chi connectivity index (χ4n) is 1.97. The van der Waals surface area contributed by atoms with Crippen LogP contribution < -0.4 is 10.2 Å². The lowest BCUT2D eigenvalue weighted by Crippen LogP contribution is -2.36. The van der Waals surface area contributed by atoms with E-state index in [1.807, 2.05) is 6.07 Å². The van der Waals surface area contributed by atoms with Gasteiger partial charge in [-0.1, -0.05) is 0 Å². The highest BCUT2D eigenvalue weighted by Crippen LogP contribution is 2.23. The van der Waals surface area contributed by atoms with Gasteiger partial charge in [-0.25, -0.2) is 4.98 Å². The Labute approximate surface area is 124 Å². The van der Waals surface area contributed by atoms with Crippen LogP contribution in [0.15, 0.2) is 12.3 Å². The Morgan fingerprint density at radius 3 is 2.29 bits per heavy atom. The zero-order valence-corrected chi connectivity index (χ0v) is 13.3. The van der Waals surface area contributed by atoms with Crippen molar-refractivity contribution in [3.63, 3.8) is 0 Å². The molecular weight excluding hydrogens is 279 g/mol. The average Bonchev–Trinajstić information content (AvgIpc) is 2.32. The minimum atomic E-state index is -4.23. The van der Waals surface area contributed by atoms with Crippen molar-refractivity contribution in [3.8, 4) is 0 Å². The first kappa shape index (κ1) is 17.8. The maximum Gasteiger partial charge on any atom is 0.405 e. The molecule has 6 heteroatoms. The number of aromatic nitrogens is 1. The van der Waals surface area contributed by atoms with Gasteiger partial charge in [0.05, 0.1) is 0 Å². The monoisotopic (exact) mass is 303 g/mol. The third kappa shape index (κ3) is 6.33. The van der Waals surface area contributed by atoms with Gasteiger partial charge in [-0.3, -0.25) is 0 Å². The third-order valence-electron chi connectivity index (χ3n) is 2.98. The van der Waals surface area contributed by atoms with Gasteiger partial charge in [0, 0.05) is 24.8 Å². The lowest BCUT2D eigenvalue weighted by Gasteiger charge is -2.25. The van der Waals surface area contributed by atoms with Crippen molar-refractivity contribution in [2.45, 2.75) is 52.9 Å². The molecule has 3 nitrogen and oxygen atoms in total. The highest BCUT2D eigenvalue weighted by molar-refractivity contribution is 5.47. The van der Waals surface area contributed by atoms with E-state index in [9.17, 15) is 13.2 Å². The zero-order chi connectivity index (χ0) is 16.3. The number of nitrogens with one attached hydrogen (secondary N) is 1. The number of hydrogen-bond donors (Lipinski definition) is 1. The summed E-state index contributed by atoms with van der Waals surface area (Å²) in [6.07, 6.45) is -2.59. The first-order chi connectivity index (χ1) is 9.52. The molecule has 1 aromatic heterocycles. The maximum absolute atomic E-state index is 12.6. The Morgan fingerprint density at radius 2 is 1.86 bits per heavy atom. The normalized spacial score (nSPS) is 12.6. The quantitative estimate of drug-likeness (QED) is 0.899. The van der Waals surface area contributed by atoms with Gasteiger partial charge in [-0.15, -0.1) is 0 Å². The van der Waals surface area contributed by atoms with Crippen molar-refractivity contribution < 1.29 is 13.2 Å². The van der Waals surface area contributed by atoms with Crippen LogP contribution in [-0.2, 0) is 6.54 Å². The van der Waals surface area contributed by atoms with Crippen LogP contribution in [0.2, 0.25) is 0 Å². The van der Waals surface area contributed by atoms with Gasteiger partial charge in [-0.05, 0) is 51.8 Å². The van der Waals surface area contributed by atoms with E-state index in [2.05, 4.69) is 31.1 Å². The van der Waals surface area contributed by atoms with Crippen LogP contribution in [0, 0.1) is 6.92 Å². The van der Waals surface area contributed by atoms with Crippen molar-refractivity contribution >= 4 is 5.82 Å². The van der Waals surface area contributed by atoms with E-state index >= 15 is 0 Å². The van der Waals surface area contributed by atoms with Gasteiger partial charge in [0.1, 0.15) is 12.4 Å². The Bertz CT molecular complexity index is 464. The highest BCUT2D eigenvalue weighted by Gasteiger charge is 2.31. The molecule has 0 aliphatic carbocycles. The molecule has 1 rings (SSSR count). The first-order valence-corrected chi connectivity index (χ1v) is 7.04. The SMILES string of the molecule is CCN(CC(F)(F)F)c1ncc(CNC(C)(C)C)cc1C. The van der Waals surface area contributed by atoms with Gasteiger partial charge >= 0.3 is 6.18 Å². The van der Waals surface area contributed by atoms with Gasteiger partial charge in [0.25, 0.3) is 0 Å². The molecule has 0 bridgehead atoms. The fourth-order valence-corrected chi connectivity index (χ4v) is 1.97. The predicted molar refractivity (Wildman–Crippen MR) is 79.5 cm³/mol. The smallest absolute Gasteiger partial charge is 0.348 e. The second kappa shape index (κ2) is 6.64. The number of anilines is 1. The molecule has 0 fully saturated rings. The second-order valence-electron chi connectivity index (χ2n) is 6.22. The van der Waals surface area contributed by atoms with E-state index < -0.39 is 12.7 Å². The fraction of sp³-hybridized carbons (Fsp3) is 0.667. The first-order valence-electron chi connectivity index (χ1n) is 7.04. The Balaban J connectivity index is 2.86. The van der Waals surface area contributed by atoms with Crippen LogP contribution in [0.4, 0.5) is 19.0 Å². The summed E-state index contributed by atoms with van der Waals surface area (Å²) < 4.78 is 37.7. The van der Waals surface area contributed by atoms with E-state index in [1.54, 1.807) is 20.0 Å². The predicted octanol–water partition coefficient (Wildman–Crippen LogP) is 3.67. The standard InChI is InChI=1S/C15H24F3N3/c1-6-21(10-15(16,17)18)13-11(2)7-12(8-19-13)9-20-14(3,4)5/h7-8,20H,6,9-10H2,1-5H3. The lowest BCUT2D eigenvalue weighted by atomic mass is 10.1. The average molecular weight is 303 g/mol. The molecular formula is C15H24F3N3. The molecule has 120 valence electrons. The topological polar surface area (TPSA) is 28.2 Å². The van der Waals surface area contributed by atoms with Crippen molar-refractivity contribution in [1.82, 2.24) is 10.3 Å². The second-order valence-corrected chi connectivity index (χ2v) is 6.22. The van der Waals surface area contributed by atoms with Gasteiger partial charge < -0.3 is 10.2 Å². The van der Waals surface area contributed by atoms with E-state index in [1.165, 1.54) is 4.90 Å². The summed E-state index contributed by atoms with van der Waals surface area (Å²) >= 11 is 0. The number of pyridine rings is 1. The summed E-state index contributed by atoms with van der Waals surface area (Å²) in [6.45, 7) is 9.61. The molecule has 0 aliphatic rings. The number of rotatable bonds is 5. The number of nitrogens with zero attached hydrogens (tertiary/aromatic N) is 2. The molecule has 0 atom stereocenters. The molecule has 1 heterocycles. The molecule has 0 unspecified atom stereocenters. The number of alkyl halides is 3. The zero-order valence-electron chi connectivity index (χ0n) is 13.3. The molecule has 0 aliphatic heterocycles. The van der Waals surface area contributed by atoms with Crippen LogP contribution in [0.25, 0.3) is 0 Å². The molecule has 1 aromatic rings. The van der Waals surface area contributed by atoms with Crippen LogP contribution in [0.3, 0.4) is 0 Å². The van der Waals surface area contributed by atoms with E-state index in [-0.39, 0.29) is 12.1 Å². The van der Waals surface area contributed by atoms with E-state index in [4.69, 9.17) is 0 Å². The summed E-state index contributed by atoms with van der Waals surface area (Å²) in [6, 6.07) is 1.89. The van der Waals surface area contributed by atoms with Crippen molar-refractivity contribution in [2.75, 3.05) is 18.0 Å². The summed E-state index contributed by atoms with van der Waals surface area (Å²) in [7, 11) is 0. The maximum atomic E-state index is 12.6. The van der Waals surface area contributed by atoms with Crippen LogP contribution in [0.1, 0.15) is 38.8 Å². The molecule has 0 amide bonds. The molecule has 1 N–H and O–H groups in total. The van der Waals surface area contributed by atoms with Crippen molar-refractivity contribution in [3.05, 3.63) is 23.4 Å². The van der Waals surface area contributed by atoms with Crippen molar-refractivity contribution in [2.24, 2.45) is 0 Å². The van der Waals surface area contributed by atoms with Gasteiger partial charge in [0.2, 0.25) is 0 Å². The summed E-state index contributed by atoms with van der Waals surface area (Å²) in [5.41, 5.74) is 1.71. The molecule has 0 saturated heterocycles. The van der Waals surface area contributed by atoms with Crippen LogP contribution in [0.5, 0.6) is 0 Å². The number of hydrogen-bond acceptors (Lipinski definition) is 3. The molecule has 0 saturated carbocycles. The molecule has 0 radical (unpaired) electrons. The van der Waals surface area contributed by atoms with Gasteiger partial charge in [-0.2, -0.15) is 13.2 Å². The van der Waals surface area contributed by atoms with Gasteiger partial charge in [0.15, 0.2) is 0 Å². The third-order valence-corrected chi connectivity index (χ3v) is 2.98. The molecule has 21 heavy (non-hydrogen) atoms. The summed E-state index contributed by atoms with van der Waals surface area (Å²) in [4.78, 5) is 5.47. The summed E-state index contributed by atoms with van der Waals surface area (Å²) in [5, 5.41) is 3.33. The minimum Gasteiger partial charge on any atom is -0.348 e. The summed E-state index contributed by atoms with van der Waals surface area (Å²) in [5.74, 6) is 0.398. The number of halogens is 3. The van der Waals surface area contributed by atoms with Crippen LogP contribution >= 0.6 is 0 Å². The largest absolute Gasteiger partial charge is 0.405 e. The van der Waals surface area contributed by atoms with E-state index in [0.29, 0.717) is 12.4 Å². The van der Waals surface area contributed by atoms with E-state index in [0.717, 1.165) is 11.1 Å². The van der Waals surface area contributed by atoms with Crippen molar-refractivity contribution in [1.29, 1.82) is 0 Å². The Kier molecular flexibility index (Phi) is 5.61. The highest BCUT2D eigenvalue weighted by atomic mass is 19.4. The Hall–Kier alpha value is -1.30. The minimum absolute atomic E-state index is 0.0156.